The van der Waals surface area contributed by atoms with E-state index in [-0.39, 0.29) is 6.42 Å². The van der Waals surface area contributed by atoms with Crippen molar-refractivity contribution in [2.45, 2.75) is 30.1 Å². The van der Waals surface area contributed by atoms with Crippen LogP contribution in [0.25, 0.3) is 0 Å². The molecule has 0 bridgehead atoms. The van der Waals surface area contributed by atoms with Gasteiger partial charge in [0.05, 0.1) is 0 Å². The lowest BCUT2D eigenvalue weighted by atomic mass is 10.1. The van der Waals surface area contributed by atoms with Gasteiger partial charge in [-0.2, -0.15) is 43.2 Å². The summed E-state index contributed by atoms with van der Waals surface area (Å²) in [5.74, 6) is 0. The molecule has 0 aromatic heterocycles. The van der Waals surface area contributed by atoms with Crippen LogP contribution in [0.3, 0.4) is 0 Å². The standard InChI is InChI=1S/C11H10F6O6S2/c12-10(13,14)24(18,19)22-9(23-25(20,21)11(15,16)17)7-6-8-4-2-1-3-5-8/h1-5,9H,6-7H2. The van der Waals surface area contributed by atoms with Crippen LogP contribution in [-0.4, -0.2) is 34.1 Å². The molecule has 144 valence electrons. The Morgan fingerprint density at radius 3 is 1.56 bits per heavy atom. The van der Waals surface area contributed by atoms with Crippen LogP contribution in [0, 0.1) is 0 Å². The normalized spacial score (nSPS) is 14.0. The summed E-state index contributed by atoms with van der Waals surface area (Å²) in [5, 5.41) is 0. The van der Waals surface area contributed by atoms with Crippen LogP contribution in [0.5, 0.6) is 0 Å². The number of aryl methyl sites for hydroxylation is 1. The second kappa shape index (κ2) is 7.47. The molecule has 0 aliphatic carbocycles. The average Bonchev–Trinajstić information content (AvgIpc) is 2.42. The summed E-state index contributed by atoms with van der Waals surface area (Å²) < 4.78 is 124. The minimum Gasteiger partial charge on any atom is -0.230 e. The molecule has 0 radical (unpaired) electrons. The van der Waals surface area contributed by atoms with E-state index in [0.717, 1.165) is 0 Å². The van der Waals surface area contributed by atoms with E-state index in [4.69, 9.17) is 0 Å². The van der Waals surface area contributed by atoms with Crippen molar-refractivity contribution >= 4 is 20.2 Å². The highest BCUT2D eigenvalue weighted by atomic mass is 32.2. The maximum absolute atomic E-state index is 12.3. The topological polar surface area (TPSA) is 86.7 Å². The Morgan fingerprint density at radius 2 is 1.20 bits per heavy atom. The van der Waals surface area contributed by atoms with Crippen molar-refractivity contribution in [3.05, 3.63) is 35.9 Å². The number of halogens is 6. The molecule has 0 saturated heterocycles. The molecule has 0 aliphatic rings. The molecule has 0 amide bonds. The number of benzene rings is 1. The maximum atomic E-state index is 12.3. The Morgan fingerprint density at radius 1 is 0.800 bits per heavy atom. The molecular formula is C11H10F6O6S2. The summed E-state index contributed by atoms with van der Waals surface area (Å²) in [7, 11) is -12.8. The Hall–Kier alpha value is -1.38. The number of rotatable bonds is 7. The molecule has 25 heavy (non-hydrogen) atoms. The molecule has 14 heteroatoms. The summed E-state index contributed by atoms with van der Waals surface area (Å²) in [6, 6.07) is 7.40. The molecule has 0 N–H and O–H groups in total. The third kappa shape index (κ3) is 6.13. The van der Waals surface area contributed by atoms with E-state index in [0.29, 0.717) is 5.56 Å². The van der Waals surface area contributed by atoms with E-state index in [2.05, 4.69) is 8.37 Å². The molecule has 1 rings (SSSR count). The lowest BCUT2D eigenvalue weighted by Gasteiger charge is -2.19. The van der Waals surface area contributed by atoms with E-state index in [1.54, 1.807) is 6.07 Å². The first kappa shape index (κ1) is 21.7. The molecule has 0 unspecified atom stereocenters. The highest BCUT2D eigenvalue weighted by Crippen LogP contribution is 2.30. The van der Waals surface area contributed by atoms with Crippen LogP contribution in [0.4, 0.5) is 26.3 Å². The zero-order valence-corrected chi connectivity index (χ0v) is 13.5. The van der Waals surface area contributed by atoms with Gasteiger partial charge >= 0.3 is 31.3 Å². The maximum Gasteiger partial charge on any atom is 0.523 e. The number of hydrogen-bond donors (Lipinski definition) is 0. The second-order valence-electron chi connectivity index (χ2n) is 4.45. The van der Waals surface area contributed by atoms with Crippen LogP contribution in [-0.2, 0) is 35.0 Å². The fourth-order valence-electron chi connectivity index (χ4n) is 1.43. The van der Waals surface area contributed by atoms with Crippen LogP contribution in [0.2, 0.25) is 0 Å². The van der Waals surface area contributed by atoms with Gasteiger partial charge in [0.1, 0.15) is 0 Å². The van der Waals surface area contributed by atoms with Gasteiger partial charge in [0.15, 0.2) is 6.29 Å². The second-order valence-corrected chi connectivity index (χ2v) is 7.57. The van der Waals surface area contributed by atoms with Crippen molar-refractivity contribution in [2.24, 2.45) is 0 Å². The average molecular weight is 416 g/mol. The molecule has 0 aliphatic heterocycles. The minimum absolute atomic E-state index is 0.313. The predicted molar refractivity (Wildman–Crippen MR) is 70.7 cm³/mol. The van der Waals surface area contributed by atoms with E-state index in [1.165, 1.54) is 24.3 Å². The van der Waals surface area contributed by atoms with Gasteiger partial charge in [-0.25, -0.2) is 8.37 Å². The zero-order valence-electron chi connectivity index (χ0n) is 11.9. The minimum atomic E-state index is -6.38. The molecule has 0 spiro atoms. The van der Waals surface area contributed by atoms with E-state index < -0.39 is 44.0 Å². The van der Waals surface area contributed by atoms with Crippen LogP contribution >= 0.6 is 0 Å². The highest BCUT2D eigenvalue weighted by molar-refractivity contribution is 7.88. The molecule has 0 heterocycles. The van der Waals surface area contributed by atoms with Gasteiger partial charge in [0.2, 0.25) is 0 Å². The van der Waals surface area contributed by atoms with Gasteiger partial charge in [-0.1, -0.05) is 30.3 Å². The molecule has 0 fully saturated rings. The van der Waals surface area contributed by atoms with Crippen LogP contribution < -0.4 is 0 Å². The monoisotopic (exact) mass is 416 g/mol. The van der Waals surface area contributed by atoms with Crippen molar-refractivity contribution in [2.75, 3.05) is 0 Å². The van der Waals surface area contributed by atoms with E-state index >= 15 is 0 Å². The summed E-state index contributed by atoms with van der Waals surface area (Å²) in [6.45, 7) is 0. The number of hydrogen-bond acceptors (Lipinski definition) is 6. The van der Waals surface area contributed by atoms with Crippen molar-refractivity contribution < 1.29 is 51.5 Å². The van der Waals surface area contributed by atoms with Gasteiger partial charge in [-0.15, -0.1) is 0 Å². The third-order valence-electron chi connectivity index (χ3n) is 2.55. The van der Waals surface area contributed by atoms with E-state index in [9.17, 15) is 43.2 Å². The van der Waals surface area contributed by atoms with Crippen molar-refractivity contribution in [1.29, 1.82) is 0 Å². The Balaban J connectivity index is 3.02. The molecular weight excluding hydrogens is 406 g/mol. The van der Waals surface area contributed by atoms with Gasteiger partial charge in [-0.05, 0) is 12.0 Å². The molecule has 1 aromatic carbocycles. The lowest BCUT2D eigenvalue weighted by molar-refractivity contribution is -0.0873. The SMILES string of the molecule is O=S(=O)(OC(CCc1ccccc1)OS(=O)(=O)C(F)(F)F)C(F)(F)F. The first-order chi connectivity index (χ1) is 11.2. The third-order valence-corrected chi connectivity index (χ3v) is 4.62. The Labute approximate surface area is 138 Å². The highest BCUT2D eigenvalue weighted by Gasteiger charge is 2.52. The molecule has 1 aromatic rings. The quantitative estimate of drug-likeness (QED) is 0.294. The van der Waals surface area contributed by atoms with E-state index in [1.807, 2.05) is 0 Å². The fourth-order valence-corrected chi connectivity index (χ4v) is 2.54. The molecule has 6 nitrogen and oxygen atoms in total. The summed E-state index contributed by atoms with van der Waals surface area (Å²) >= 11 is 0. The Bertz CT molecular complexity index is 724. The van der Waals surface area contributed by atoms with Crippen LogP contribution in [0.15, 0.2) is 30.3 Å². The fraction of sp³-hybridized carbons (Fsp3) is 0.455. The first-order valence-electron chi connectivity index (χ1n) is 6.19. The van der Waals surface area contributed by atoms with Gasteiger partial charge < -0.3 is 0 Å². The van der Waals surface area contributed by atoms with Gasteiger partial charge in [0, 0.05) is 6.42 Å². The summed E-state index contributed by atoms with van der Waals surface area (Å²) in [6.07, 6.45) is -4.07. The van der Waals surface area contributed by atoms with Gasteiger partial charge in [-0.3, -0.25) is 0 Å². The van der Waals surface area contributed by atoms with Crippen molar-refractivity contribution in [3.8, 4) is 0 Å². The molecule has 0 saturated carbocycles. The molecule has 0 atom stereocenters. The largest absolute Gasteiger partial charge is 0.523 e. The summed E-state index contributed by atoms with van der Waals surface area (Å²) in [4.78, 5) is 0. The van der Waals surface area contributed by atoms with Crippen LogP contribution in [0.1, 0.15) is 12.0 Å². The lowest BCUT2D eigenvalue weighted by Crippen LogP contribution is -2.36. The summed E-state index contributed by atoms with van der Waals surface area (Å²) in [5.41, 5.74) is -11.6. The number of alkyl halides is 6. The van der Waals surface area contributed by atoms with Crippen molar-refractivity contribution in [3.63, 3.8) is 0 Å². The Kier molecular flexibility index (Phi) is 6.47. The smallest absolute Gasteiger partial charge is 0.230 e. The predicted octanol–water partition coefficient (Wildman–Crippen LogP) is 2.68. The van der Waals surface area contributed by atoms with Gasteiger partial charge in [0.25, 0.3) is 0 Å². The van der Waals surface area contributed by atoms with Crippen molar-refractivity contribution in [1.82, 2.24) is 0 Å². The zero-order chi connectivity index (χ0) is 19.5. The first-order valence-corrected chi connectivity index (χ1v) is 9.00.